The zero-order valence-corrected chi connectivity index (χ0v) is 8.36. The lowest BCUT2D eigenvalue weighted by atomic mass is 10.1. The second-order valence-corrected chi connectivity index (χ2v) is 3.46. The number of ether oxygens (including phenoxy) is 2. The van der Waals surface area contributed by atoms with Crippen molar-refractivity contribution >= 4 is 0 Å². The predicted octanol–water partition coefficient (Wildman–Crippen LogP) is 0.913. The third-order valence-corrected chi connectivity index (χ3v) is 2.56. The molecule has 0 saturated heterocycles. The van der Waals surface area contributed by atoms with Gasteiger partial charge in [0.15, 0.2) is 0 Å². The van der Waals surface area contributed by atoms with E-state index >= 15 is 0 Å². The Morgan fingerprint density at radius 3 is 2.14 bits per heavy atom. The molecule has 4 heteroatoms. The van der Waals surface area contributed by atoms with Crippen LogP contribution >= 0.6 is 0 Å². The number of hydrogen-bond acceptors (Lipinski definition) is 4. The van der Waals surface area contributed by atoms with E-state index in [4.69, 9.17) is 15.2 Å². The Balaban J connectivity index is 2.41. The molecule has 4 nitrogen and oxygen atoms in total. The van der Waals surface area contributed by atoms with Gasteiger partial charge in [0.2, 0.25) is 0 Å². The number of methoxy groups -OCH3 is 2. The Bertz CT molecular complexity index is 319. The van der Waals surface area contributed by atoms with Crippen LogP contribution in [0.25, 0.3) is 0 Å². The van der Waals surface area contributed by atoms with Crippen LogP contribution in [-0.4, -0.2) is 25.2 Å². The molecular weight excluding hydrogens is 180 g/mol. The Kier molecular flexibility index (Phi) is 2.29. The highest BCUT2D eigenvalue weighted by molar-refractivity contribution is 5.48. The maximum Gasteiger partial charge on any atom is 0.144 e. The average molecular weight is 194 g/mol. The third-order valence-electron chi connectivity index (χ3n) is 2.56. The van der Waals surface area contributed by atoms with E-state index in [1.807, 2.05) is 0 Å². The first-order valence-corrected chi connectivity index (χ1v) is 4.59. The lowest BCUT2D eigenvalue weighted by Gasteiger charge is -2.11. The van der Waals surface area contributed by atoms with Crippen LogP contribution in [-0.2, 0) is 0 Å². The zero-order chi connectivity index (χ0) is 10.1. The lowest BCUT2D eigenvalue weighted by Crippen LogP contribution is -2.04. The maximum absolute atomic E-state index is 5.81. The van der Waals surface area contributed by atoms with Crippen LogP contribution in [0.2, 0.25) is 0 Å². The molecule has 0 bridgehead atoms. The van der Waals surface area contributed by atoms with Gasteiger partial charge in [0.1, 0.15) is 11.5 Å². The summed E-state index contributed by atoms with van der Waals surface area (Å²) in [6.45, 7) is 0. The molecule has 2 atom stereocenters. The molecule has 1 saturated carbocycles. The molecule has 1 aromatic heterocycles. The van der Waals surface area contributed by atoms with Gasteiger partial charge in [0.05, 0.1) is 26.6 Å². The molecule has 1 fully saturated rings. The van der Waals surface area contributed by atoms with Gasteiger partial charge in [0, 0.05) is 17.5 Å². The van der Waals surface area contributed by atoms with Gasteiger partial charge in [-0.15, -0.1) is 0 Å². The maximum atomic E-state index is 5.81. The summed E-state index contributed by atoms with van der Waals surface area (Å²) in [5.74, 6) is 1.90. The van der Waals surface area contributed by atoms with Crippen molar-refractivity contribution in [1.82, 2.24) is 4.98 Å². The van der Waals surface area contributed by atoms with Gasteiger partial charge in [-0.25, -0.2) is 0 Å². The van der Waals surface area contributed by atoms with E-state index in [2.05, 4.69) is 4.98 Å². The van der Waals surface area contributed by atoms with Crippen molar-refractivity contribution < 1.29 is 9.47 Å². The van der Waals surface area contributed by atoms with E-state index in [1.165, 1.54) is 0 Å². The summed E-state index contributed by atoms with van der Waals surface area (Å²) in [6, 6.07) is 0.236. The van der Waals surface area contributed by atoms with Gasteiger partial charge in [-0.05, 0) is 6.42 Å². The molecule has 2 N–H and O–H groups in total. The highest BCUT2D eigenvalue weighted by atomic mass is 16.5. The summed E-state index contributed by atoms with van der Waals surface area (Å²) in [5, 5.41) is 0. The quantitative estimate of drug-likeness (QED) is 0.777. The van der Waals surface area contributed by atoms with Crippen molar-refractivity contribution in [3.8, 4) is 11.5 Å². The van der Waals surface area contributed by atoms with E-state index in [0.717, 1.165) is 23.5 Å². The number of nitrogens with zero attached hydrogens (tertiary/aromatic N) is 1. The monoisotopic (exact) mass is 194 g/mol. The SMILES string of the molecule is COc1cncc(OC)c1C1CC1N. The van der Waals surface area contributed by atoms with Gasteiger partial charge >= 0.3 is 0 Å². The Hall–Kier alpha value is -1.29. The van der Waals surface area contributed by atoms with Gasteiger partial charge in [-0.3, -0.25) is 4.98 Å². The third kappa shape index (κ3) is 1.42. The summed E-state index contributed by atoms with van der Waals surface area (Å²) in [7, 11) is 3.27. The predicted molar refractivity (Wildman–Crippen MR) is 52.7 cm³/mol. The number of rotatable bonds is 3. The second-order valence-electron chi connectivity index (χ2n) is 3.46. The summed E-state index contributed by atoms with van der Waals surface area (Å²) in [4.78, 5) is 4.03. The van der Waals surface area contributed by atoms with Crippen LogP contribution in [0, 0.1) is 0 Å². The van der Waals surface area contributed by atoms with E-state index in [9.17, 15) is 0 Å². The van der Waals surface area contributed by atoms with Crippen molar-refractivity contribution in [1.29, 1.82) is 0 Å². The molecule has 76 valence electrons. The minimum Gasteiger partial charge on any atom is -0.495 e. The molecule has 1 aliphatic carbocycles. The van der Waals surface area contributed by atoms with Gasteiger partial charge in [-0.1, -0.05) is 0 Å². The highest BCUT2D eigenvalue weighted by Gasteiger charge is 2.39. The molecule has 2 unspecified atom stereocenters. The smallest absolute Gasteiger partial charge is 0.144 e. The molecular formula is C10H14N2O2. The zero-order valence-electron chi connectivity index (χ0n) is 8.36. The van der Waals surface area contributed by atoms with Crippen LogP contribution in [0.4, 0.5) is 0 Å². The Labute approximate surface area is 83.0 Å². The standard InChI is InChI=1S/C10H14N2O2/c1-13-8-4-12-5-9(14-2)10(8)6-3-7(6)11/h4-7H,3,11H2,1-2H3. The molecule has 2 rings (SSSR count). The van der Waals surface area contributed by atoms with E-state index in [0.29, 0.717) is 5.92 Å². The van der Waals surface area contributed by atoms with Crippen LogP contribution in [0.3, 0.4) is 0 Å². The normalized spacial score (nSPS) is 24.5. The second kappa shape index (κ2) is 3.46. The number of hydrogen-bond donors (Lipinski definition) is 1. The summed E-state index contributed by atoms with van der Waals surface area (Å²) >= 11 is 0. The first kappa shape index (κ1) is 9.27. The molecule has 1 heterocycles. The van der Waals surface area contributed by atoms with Gasteiger partial charge < -0.3 is 15.2 Å². The number of aromatic nitrogens is 1. The van der Waals surface area contributed by atoms with Crippen LogP contribution < -0.4 is 15.2 Å². The van der Waals surface area contributed by atoms with Gasteiger partial charge in [0.25, 0.3) is 0 Å². The van der Waals surface area contributed by atoms with E-state index < -0.39 is 0 Å². The van der Waals surface area contributed by atoms with Crippen molar-refractivity contribution in [3.05, 3.63) is 18.0 Å². The van der Waals surface area contributed by atoms with Crippen molar-refractivity contribution in [3.63, 3.8) is 0 Å². The molecule has 14 heavy (non-hydrogen) atoms. The van der Waals surface area contributed by atoms with Crippen molar-refractivity contribution in [2.75, 3.05) is 14.2 Å². The highest BCUT2D eigenvalue weighted by Crippen LogP contribution is 2.47. The topological polar surface area (TPSA) is 57.4 Å². The molecule has 0 amide bonds. The van der Waals surface area contributed by atoms with E-state index in [-0.39, 0.29) is 6.04 Å². The molecule has 0 aromatic carbocycles. The van der Waals surface area contributed by atoms with E-state index in [1.54, 1.807) is 26.6 Å². The Morgan fingerprint density at radius 1 is 1.29 bits per heavy atom. The fourth-order valence-corrected chi connectivity index (χ4v) is 1.67. The molecule has 0 spiro atoms. The Morgan fingerprint density at radius 2 is 1.79 bits per heavy atom. The minimum absolute atomic E-state index is 0.236. The van der Waals surface area contributed by atoms with Crippen LogP contribution in [0.1, 0.15) is 17.9 Å². The first-order valence-electron chi connectivity index (χ1n) is 4.59. The number of nitrogens with two attached hydrogens (primary N) is 1. The molecule has 0 radical (unpaired) electrons. The molecule has 1 aliphatic rings. The average Bonchev–Trinajstić information content (AvgIpc) is 2.93. The summed E-state index contributed by atoms with van der Waals surface area (Å²) in [6.07, 6.45) is 4.39. The number of pyridine rings is 1. The molecule has 0 aliphatic heterocycles. The van der Waals surface area contributed by atoms with Crippen molar-refractivity contribution in [2.45, 2.75) is 18.4 Å². The first-order chi connectivity index (χ1) is 6.77. The lowest BCUT2D eigenvalue weighted by molar-refractivity contribution is 0.381. The minimum atomic E-state index is 0.236. The van der Waals surface area contributed by atoms with Gasteiger partial charge in [-0.2, -0.15) is 0 Å². The van der Waals surface area contributed by atoms with Crippen LogP contribution in [0.5, 0.6) is 11.5 Å². The summed E-state index contributed by atoms with van der Waals surface area (Å²) in [5.41, 5.74) is 6.87. The fraction of sp³-hybridized carbons (Fsp3) is 0.500. The fourth-order valence-electron chi connectivity index (χ4n) is 1.67. The molecule has 1 aromatic rings. The van der Waals surface area contributed by atoms with Crippen molar-refractivity contribution in [2.24, 2.45) is 5.73 Å². The largest absolute Gasteiger partial charge is 0.495 e. The van der Waals surface area contributed by atoms with Crippen LogP contribution in [0.15, 0.2) is 12.4 Å². The summed E-state index contributed by atoms with van der Waals surface area (Å²) < 4.78 is 10.5.